The van der Waals surface area contributed by atoms with Crippen molar-refractivity contribution in [2.45, 2.75) is 13.3 Å². The average Bonchev–Trinajstić information content (AvgIpc) is 2.78. The molecule has 0 spiro atoms. The van der Waals surface area contributed by atoms with E-state index in [9.17, 15) is 0 Å². The molecule has 4 rings (SSSR count). The van der Waals surface area contributed by atoms with Crippen LogP contribution in [0.5, 0.6) is 0 Å². The fourth-order valence-corrected chi connectivity index (χ4v) is 3.39. The van der Waals surface area contributed by atoms with Crippen molar-refractivity contribution in [3.63, 3.8) is 0 Å². The molecular formula is C24H23N5S. The molecule has 0 amide bonds. The van der Waals surface area contributed by atoms with Crippen LogP contribution in [0.25, 0.3) is 22.2 Å². The first kappa shape index (κ1) is 19.8. The van der Waals surface area contributed by atoms with Gasteiger partial charge < -0.3 is 5.32 Å². The van der Waals surface area contributed by atoms with E-state index in [1.165, 1.54) is 5.56 Å². The van der Waals surface area contributed by atoms with Gasteiger partial charge in [-0.1, -0.05) is 72.8 Å². The van der Waals surface area contributed by atoms with Crippen LogP contribution in [0.15, 0.2) is 78.9 Å². The Morgan fingerprint density at radius 2 is 1.63 bits per heavy atom. The van der Waals surface area contributed by atoms with Crippen molar-refractivity contribution in [3.8, 4) is 11.3 Å². The molecule has 0 atom stereocenters. The molecule has 3 N–H and O–H groups in total. The fraction of sp³-hybridized carbons (Fsp3) is 0.125. The molecule has 0 unspecified atom stereocenters. The van der Waals surface area contributed by atoms with Gasteiger partial charge in [0.1, 0.15) is 0 Å². The average molecular weight is 414 g/mol. The van der Waals surface area contributed by atoms with E-state index in [1.54, 1.807) is 0 Å². The molecule has 0 aliphatic rings. The van der Waals surface area contributed by atoms with Crippen LogP contribution in [0, 0.1) is 6.92 Å². The van der Waals surface area contributed by atoms with Gasteiger partial charge in [0.05, 0.1) is 11.2 Å². The molecule has 0 saturated heterocycles. The second-order valence-corrected chi connectivity index (χ2v) is 7.43. The monoisotopic (exact) mass is 413 g/mol. The third kappa shape index (κ3) is 4.90. The minimum atomic E-state index is 0.471. The number of rotatable bonds is 6. The highest BCUT2D eigenvalue weighted by Crippen LogP contribution is 2.27. The molecule has 4 aromatic rings. The van der Waals surface area contributed by atoms with E-state index in [0.717, 1.165) is 40.7 Å². The van der Waals surface area contributed by atoms with Crippen molar-refractivity contribution < 1.29 is 0 Å². The van der Waals surface area contributed by atoms with Gasteiger partial charge in [0.2, 0.25) is 5.95 Å². The first-order chi connectivity index (χ1) is 14.7. The summed E-state index contributed by atoms with van der Waals surface area (Å²) in [6.45, 7) is 2.80. The largest absolute Gasteiger partial charge is 0.361 e. The first-order valence-corrected chi connectivity index (χ1v) is 10.3. The number of anilines is 1. The zero-order valence-electron chi connectivity index (χ0n) is 16.7. The number of nitrogens with one attached hydrogen (secondary N) is 3. The lowest BCUT2D eigenvalue weighted by atomic mass is 10.1. The normalized spacial score (nSPS) is 10.6. The molecule has 5 nitrogen and oxygen atoms in total. The third-order valence-electron chi connectivity index (χ3n) is 4.73. The van der Waals surface area contributed by atoms with E-state index in [-0.39, 0.29) is 0 Å². The Hall–Kier alpha value is -3.51. The van der Waals surface area contributed by atoms with Gasteiger partial charge in [0, 0.05) is 17.5 Å². The lowest BCUT2D eigenvalue weighted by molar-refractivity contribution is 0.846. The predicted octanol–water partition coefficient (Wildman–Crippen LogP) is 4.64. The Kier molecular flexibility index (Phi) is 6.15. The van der Waals surface area contributed by atoms with Crippen molar-refractivity contribution in [2.24, 2.45) is 0 Å². The molecule has 6 heteroatoms. The third-order valence-corrected chi connectivity index (χ3v) is 4.98. The maximum absolute atomic E-state index is 5.37. The van der Waals surface area contributed by atoms with Crippen molar-refractivity contribution in [3.05, 3.63) is 90.0 Å². The number of fused-ring (bicyclic) bond motifs is 1. The van der Waals surface area contributed by atoms with Gasteiger partial charge in [-0.2, -0.15) is 0 Å². The number of aryl methyl sites for hydroxylation is 1. The van der Waals surface area contributed by atoms with Crippen molar-refractivity contribution >= 4 is 34.2 Å². The minimum Gasteiger partial charge on any atom is -0.361 e. The number of benzene rings is 3. The van der Waals surface area contributed by atoms with Crippen molar-refractivity contribution in [1.82, 2.24) is 20.7 Å². The fourth-order valence-electron chi connectivity index (χ4n) is 3.23. The number of hydrazine groups is 1. The Morgan fingerprint density at radius 1 is 0.900 bits per heavy atom. The van der Waals surface area contributed by atoms with Gasteiger partial charge in [0.25, 0.3) is 0 Å². The smallest absolute Gasteiger partial charge is 0.242 e. The Bertz CT molecular complexity index is 1150. The Labute approximate surface area is 181 Å². The van der Waals surface area contributed by atoms with Crippen LogP contribution >= 0.6 is 12.2 Å². The molecular weight excluding hydrogens is 390 g/mol. The maximum Gasteiger partial charge on any atom is 0.242 e. The summed E-state index contributed by atoms with van der Waals surface area (Å²) in [6, 6.07) is 26.6. The van der Waals surface area contributed by atoms with Crippen LogP contribution in [0.4, 0.5) is 5.95 Å². The van der Waals surface area contributed by atoms with Crippen molar-refractivity contribution in [1.29, 1.82) is 0 Å². The summed E-state index contributed by atoms with van der Waals surface area (Å²) < 4.78 is 0. The lowest BCUT2D eigenvalue weighted by Gasteiger charge is -2.14. The zero-order valence-corrected chi connectivity index (χ0v) is 17.5. The molecule has 150 valence electrons. The second kappa shape index (κ2) is 9.33. The van der Waals surface area contributed by atoms with Crippen LogP contribution in [-0.2, 0) is 6.42 Å². The molecule has 0 aliphatic heterocycles. The molecule has 0 saturated carbocycles. The van der Waals surface area contributed by atoms with Gasteiger partial charge >= 0.3 is 0 Å². The predicted molar refractivity (Wildman–Crippen MR) is 127 cm³/mol. The molecule has 30 heavy (non-hydrogen) atoms. The van der Waals surface area contributed by atoms with Crippen molar-refractivity contribution in [2.75, 3.05) is 12.0 Å². The highest BCUT2D eigenvalue weighted by atomic mass is 32.1. The van der Waals surface area contributed by atoms with Gasteiger partial charge in [-0.25, -0.2) is 9.97 Å². The zero-order chi connectivity index (χ0) is 20.8. The van der Waals surface area contributed by atoms with Crippen LogP contribution in [0.1, 0.15) is 11.1 Å². The van der Waals surface area contributed by atoms with E-state index in [2.05, 4.69) is 70.5 Å². The van der Waals surface area contributed by atoms with Gasteiger partial charge in [0.15, 0.2) is 5.11 Å². The standard InChI is InChI=1S/C24H23N5S/c1-17-12-13-20-21(16-17)26-23(27-22(20)19-10-6-3-7-11-19)28-29-24(30)25-15-14-18-8-4-2-5-9-18/h2-13,16H,14-15H2,1H3,(H2,25,29,30)(H,26,27,28). The van der Waals surface area contributed by atoms with E-state index >= 15 is 0 Å². The van der Waals surface area contributed by atoms with E-state index in [4.69, 9.17) is 17.2 Å². The number of thiocarbonyl (C=S) groups is 1. The lowest BCUT2D eigenvalue weighted by Crippen LogP contribution is -2.40. The van der Waals surface area contributed by atoms with E-state index in [1.807, 2.05) is 36.4 Å². The molecule has 0 radical (unpaired) electrons. The topological polar surface area (TPSA) is 61.9 Å². The minimum absolute atomic E-state index is 0.471. The highest BCUT2D eigenvalue weighted by Gasteiger charge is 2.10. The second-order valence-electron chi connectivity index (χ2n) is 7.02. The molecule has 0 bridgehead atoms. The summed E-state index contributed by atoms with van der Waals surface area (Å²) in [4.78, 5) is 9.38. The summed E-state index contributed by atoms with van der Waals surface area (Å²) in [6.07, 6.45) is 0.895. The van der Waals surface area contributed by atoms with Crippen LogP contribution in [-0.4, -0.2) is 21.6 Å². The Morgan fingerprint density at radius 3 is 2.40 bits per heavy atom. The highest BCUT2D eigenvalue weighted by molar-refractivity contribution is 7.80. The molecule has 1 aromatic heterocycles. The molecule has 1 heterocycles. The quantitative estimate of drug-likeness (QED) is 0.316. The molecule has 0 fully saturated rings. The maximum atomic E-state index is 5.37. The van der Waals surface area contributed by atoms with Crippen LogP contribution in [0.3, 0.4) is 0 Å². The van der Waals surface area contributed by atoms with Crippen LogP contribution in [0.2, 0.25) is 0 Å². The summed E-state index contributed by atoms with van der Waals surface area (Å²) in [7, 11) is 0. The van der Waals surface area contributed by atoms with E-state index in [0.29, 0.717) is 11.1 Å². The number of hydrogen-bond acceptors (Lipinski definition) is 4. The summed E-state index contributed by atoms with van der Waals surface area (Å²) >= 11 is 5.37. The number of nitrogens with zero attached hydrogens (tertiary/aromatic N) is 2. The summed E-state index contributed by atoms with van der Waals surface area (Å²) in [5.41, 5.74) is 11.3. The van der Waals surface area contributed by atoms with Gasteiger partial charge in [-0.05, 0) is 42.8 Å². The van der Waals surface area contributed by atoms with Gasteiger partial charge in [-0.3, -0.25) is 10.9 Å². The molecule has 0 aliphatic carbocycles. The SMILES string of the molecule is Cc1ccc2c(-c3ccccc3)nc(NNC(=S)NCCc3ccccc3)nc2c1. The number of aromatic nitrogens is 2. The number of hydrogen-bond donors (Lipinski definition) is 3. The first-order valence-electron chi connectivity index (χ1n) is 9.87. The van der Waals surface area contributed by atoms with E-state index < -0.39 is 0 Å². The summed E-state index contributed by atoms with van der Waals surface area (Å²) in [5, 5.41) is 4.71. The van der Waals surface area contributed by atoms with Crippen LogP contribution < -0.4 is 16.2 Å². The van der Waals surface area contributed by atoms with Gasteiger partial charge in [-0.15, -0.1) is 0 Å². The summed E-state index contributed by atoms with van der Waals surface area (Å²) in [5.74, 6) is 0.471. The molecule has 3 aromatic carbocycles. The Balaban J connectivity index is 1.46.